The summed E-state index contributed by atoms with van der Waals surface area (Å²) >= 11 is 0. The molecule has 0 bridgehead atoms. The standard InChI is InChI=1S/C17H28N2O2/c1-14-10-19(11-16(2,3)21-14)12-17(13-20,18-4)15-8-6-5-7-9-15/h5-9,14,18,20H,10-13H2,1-4H3. The lowest BCUT2D eigenvalue weighted by Gasteiger charge is -2.45. The molecule has 0 amide bonds. The summed E-state index contributed by atoms with van der Waals surface area (Å²) in [5, 5.41) is 13.4. The average molecular weight is 292 g/mol. The number of rotatable bonds is 5. The van der Waals surface area contributed by atoms with Gasteiger partial charge < -0.3 is 15.2 Å². The Balaban J connectivity index is 2.20. The van der Waals surface area contributed by atoms with Gasteiger partial charge >= 0.3 is 0 Å². The zero-order chi connectivity index (χ0) is 15.5. The number of morpholine rings is 1. The molecule has 0 spiro atoms. The summed E-state index contributed by atoms with van der Waals surface area (Å²) in [4.78, 5) is 2.38. The van der Waals surface area contributed by atoms with Crippen LogP contribution in [0.3, 0.4) is 0 Å². The number of hydrogen-bond donors (Lipinski definition) is 2. The molecule has 21 heavy (non-hydrogen) atoms. The van der Waals surface area contributed by atoms with Gasteiger partial charge in [0, 0.05) is 19.6 Å². The first kappa shape index (κ1) is 16.4. The third-order valence-electron chi connectivity index (χ3n) is 4.21. The largest absolute Gasteiger partial charge is 0.394 e. The summed E-state index contributed by atoms with van der Waals surface area (Å²) in [6, 6.07) is 10.2. The van der Waals surface area contributed by atoms with Gasteiger partial charge in [-0.3, -0.25) is 4.90 Å². The summed E-state index contributed by atoms with van der Waals surface area (Å²) in [7, 11) is 1.91. The first-order valence-corrected chi connectivity index (χ1v) is 7.66. The van der Waals surface area contributed by atoms with Crippen molar-refractivity contribution < 1.29 is 9.84 Å². The van der Waals surface area contributed by atoms with Crippen molar-refractivity contribution in [3.63, 3.8) is 0 Å². The molecule has 118 valence electrons. The average Bonchev–Trinajstić information content (AvgIpc) is 2.43. The smallest absolute Gasteiger partial charge is 0.0795 e. The van der Waals surface area contributed by atoms with Crippen LogP contribution in [-0.2, 0) is 10.3 Å². The molecule has 2 rings (SSSR count). The topological polar surface area (TPSA) is 44.7 Å². The highest BCUT2D eigenvalue weighted by Crippen LogP contribution is 2.26. The molecule has 1 heterocycles. The number of aliphatic hydroxyl groups is 1. The van der Waals surface area contributed by atoms with E-state index in [1.54, 1.807) is 0 Å². The lowest BCUT2D eigenvalue weighted by molar-refractivity contribution is -0.134. The van der Waals surface area contributed by atoms with Crippen molar-refractivity contribution in [3.8, 4) is 0 Å². The van der Waals surface area contributed by atoms with Crippen LogP contribution in [0.25, 0.3) is 0 Å². The van der Waals surface area contributed by atoms with Gasteiger partial charge in [0.25, 0.3) is 0 Å². The summed E-state index contributed by atoms with van der Waals surface area (Å²) in [6.07, 6.45) is 0.206. The molecule has 2 N–H and O–H groups in total. The summed E-state index contributed by atoms with van der Waals surface area (Å²) in [5.74, 6) is 0. The molecule has 0 saturated carbocycles. The molecule has 1 aliphatic rings. The molecule has 0 aromatic heterocycles. The number of aliphatic hydroxyl groups excluding tert-OH is 1. The molecular formula is C17H28N2O2. The van der Waals surface area contributed by atoms with Gasteiger partial charge in [-0.1, -0.05) is 30.3 Å². The molecule has 1 fully saturated rings. The maximum Gasteiger partial charge on any atom is 0.0795 e. The van der Waals surface area contributed by atoms with Gasteiger partial charge in [-0.05, 0) is 33.4 Å². The van der Waals surface area contributed by atoms with Gasteiger partial charge in [-0.2, -0.15) is 0 Å². The van der Waals surface area contributed by atoms with E-state index in [4.69, 9.17) is 4.74 Å². The van der Waals surface area contributed by atoms with E-state index in [-0.39, 0.29) is 18.3 Å². The fraction of sp³-hybridized carbons (Fsp3) is 0.647. The summed E-state index contributed by atoms with van der Waals surface area (Å²) < 4.78 is 5.97. The van der Waals surface area contributed by atoms with Crippen LogP contribution in [0.2, 0.25) is 0 Å². The lowest BCUT2D eigenvalue weighted by atomic mass is 9.89. The number of nitrogens with one attached hydrogen (secondary N) is 1. The molecule has 0 radical (unpaired) electrons. The molecule has 1 aromatic carbocycles. The second kappa shape index (κ2) is 6.44. The SMILES string of the molecule is CNC(CO)(CN1CC(C)OC(C)(C)C1)c1ccccc1. The van der Waals surface area contributed by atoms with Gasteiger partial charge in [-0.25, -0.2) is 0 Å². The zero-order valence-electron chi connectivity index (χ0n) is 13.6. The Morgan fingerprint density at radius 2 is 2.05 bits per heavy atom. The van der Waals surface area contributed by atoms with Gasteiger partial charge in [-0.15, -0.1) is 0 Å². The molecule has 1 saturated heterocycles. The highest BCUT2D eigenvalue weighted by Gasteiger charge is 2.37. The minimum atomic E-state index is -0.436. The minimum absolute atomic E-state index is 0.0691. The van der Waals surface area contributed by atoms with Gasteiger partial charge in [0.2, 0.25) is 0 Å². The molecule has 4 nitrogen and oxygen atoms in total. The molecule has 0 aliphatic carbocycles. The van der Waals surface area contributed by atoms with E-state index in [1.807, 2.05) is 25.2 Å². The Morgan fingerprint density at radius 3 is 2.57 bits per heavy atom. The number of nitrogens with zero attached hydrogens (tertiary/aromatic N) is 1. The Morgan fingerprint density at radius 1 is 1.38 bits per heavy atom. The second-order valence-corrected chi connectivity index (χ2v) is 6.71. The summed E-state index contributed by atoms with van der Waals surface area (Å²) in [5.41, 5.74) is 0.532. The first-order valence-electron chi connectivity index (χ1n) is 7.66. The highest BCUT2D eigenvalue weighted by atomic mass is 16.5. The van der Waals surface area contributed by atoms with E-state index in [0.717, 1.165) is 25.2 Å². The fourth-order valence-electron chi connectivity index (χ4n) is 3.38. The van der Waals surface area contributed by atoms with Crippen LogP contribution in [0.4, 0.5) is 0 Å². The zero-order valence-corrected chi connectivity index (χ0v) is 13.6. The normalized spacial score (nSPS) is 25.5. The molecule has 1 aromatic rings. The van der Waals surface area contributed by atoms with Crippen molar-refractivity contribution >= 4 is 0 Å². The lowest BCUT2D eigenvalue weighted by Crippen LogP contribution is -2.59. The van der Waals surface area contributed by atoms with E-state index in [0.29, 0.717) is 0 Å². The minimum Gasteiger partial charge on any atom is -0.394 e. The quantitative estimate of drug-likeness (QED) is 0.865. The third-order valence-corrected chi connectivity index (χ3v) is 4.21. The van der Waals surface area contributed by atoms with E-state index in [9.17, 15) is 5.11 Å². The van der Waals surface area contributed by atoms with Crippen molar-refractivity contribution in [2.24, 2.45) is 0 Å². The molecule has 1 aliphatic heterocycles. The Bertz CT molecular complexity index is 443. The van der Waals surface area contributed by atoms with Gasteiger partial charge in [0.05, 0.1) is 23.9 Å². The number of ether oxygens (including phenoxy) is 1. The Hall–Kier alpha value is -0.940. The molecule has 4 heteroatoms. The number of likely N-dealkylation sites (N-methyl/N-ethyl adjacent to an activating group) is 1. The van der Waals surface area contributed by atoms with Crippen molar-refractivity contribution in [3.05, 3.63) is 35.9 Å². The van der Waals surface area contributed by atoms with E-state index in [1.165, 1.54) is 0 Å². The molecular weight excluding hydrogens is 264 g/mol. The van der Waals surface area contributed by atoms with E-state index >= 15 is 0 Å². The first-order chi connectivity index (χ1) is 9.91. The van der Waals surface area contributed by atoms with Crippen LogP contribution < -0.4 is 5.32 Å². The van der Waals surface area contributed by atoms with Crippen molar-refractivity contribution in [2.45, 2.75) is 38.0 Å². The fourth-order valence-corrected chi connectivity index (χ4v) is 3.38. The van der Waals surface area contributed by atoms with E-state index in [2.05, 4.69) is 43.1 Å². The third kappa shape index (κ3) is 3.83. The van der Waals surface area contributed by atoms with Crippen LogP contribution in [0, 0.1) is 0 Å². The van der Waals surface area contributed by atoms with Crippen LogP contribution in [-0.4, -0.2) is 55.0 Å². The Kier molecular flexibility index (Phi) is 5.04. The van der Waals surface area contributed by atoms with Gasteiger partial charge in [0.15, 0.2) is 0 Å². The number of hydrogen-bond acceptors (Lipinski definition) is 4. The predicted octanol–water partition coefficient (Wildman–Crippen LogP) is 1.59. The Labute approximate surface area is 128 Å². The predicted molar refractivity (Wildman–Crippen MR) is 85.3 cm³/mol. The second-order valence-electron chi connectivity index (χ2n) is 6.71. The van der Waals surface area contributed by atoms with Crippen LogP contribution in [0.15, 0.2) is 30.3 Å². The summed E-state index contributed by atoms with van der Waals surface area (Å²) in [6.45, 7) is 8.95. The van der Waals surface area contributed by atoms with Crippen molar-refractivity contribution in [2.75, 3.05) is 33.3 Å². The highest BCUT2D eigenvalue weighted by molar-refractivity contribution is 5.25. The van der Waals surface area contributed by atoms with Crippen molar-refractivity contribution in [1.82, 2.24) is 10.2 Å². The van der Waals surface area contributed by atoms with Gasteiger partial charge in [0.1, 0.15) is 0 Å². The number of benzene rings is 1. The van der Waals surface area contributed by atoms with Crippen molar-refractivity contribution in [1.29, 1.82) is 0 Å². The monoisotopic (exact) mass is 292 g/mol. The maximum absolute atomic E-state index is 10.0. The van der Waals surface area contributed by atoms with Crippen LogP contribution >= 0.6 is 0 Å². The van der Waals surface area contributed by atoms with Crippen LogP contribution in [0.5, 0.6) is 0 Å². The van der Waals surface area contributed by atoms with E-state index < -0.39 is 5.54 Å². The maximum atomic E-state index is 10.0. The molecule has 2 unspecified atom stereocenters. The molecule has 2 atom stereocenters. The van der Waals surface area contributed by atoms with Crippen LogP contribution in [0.1, 0.15) is 26.3 Å².